The highest BCUT2D eigenvalue weighted by atomic mass is 16.3. The zero-order valence-corrected chi connectivity index (χ0v) is 8.86. The van der Waals surface area contributed by atoms with Gasteiger partial charge in [0.15, 0.2) is 0 Å². The number of anilines is 1. The Bertz CT molecular complexity index is 326. The molecule has 1 rings (SSSR count). The first kappa shape index (κ1) is 11.7. The normalized spacial score (nSPS) is 10.0. The van der Waals surface area contributed by atoms with E-state index in [1.807, 2.05) is 6.07 Å². The Labute approximate surface area is 89.3 Å². The molecule has 0 saturated carbocycles. The number of rotatable bonds is 6. The van der Waals surface area contributed by atoms with E-state index >= 15 is 0 Å². The number of aryl methyl sites for hydroxylation is 1. The molecule has 2 N–H and O–H groups in total. The van der Waals surface area contributed by atoms with Gasteiger partial charge in [0, 0.05) is 12.2 Å². The number of aliphatic hydroxyl groups is 1. The van der Waals surface area contributed by atoms with Crippen molar-refractivity contribution in [1.29, 1.82) is 0 Å². The minimum absolute atomic E-state index is 0.0940. The molecule has 0 radical (unpaired) electrons. The predicted octanol–water partition coefficient (Wildman–Crippen LogP) is 2.44. The van der Waals surface area contributed by atoms with Crippen LogP contribution in [0.4, 0.5) is 11.4 Å². The van der Waals surface area contributed by atoms with Crippen LogP contribution in [0.3, 0.4) is 0 Å². The van der Waals surface area contributed by atoms with Gasteiger partial charge in [-0.3, -0.25) is 0 Å². The molecule has 0 unspecified atom stereocenters. The molecule has 0 spiro atoms. The molecule has 0 aliphatic rings. The first-order valence-corrected chi connectivity index (χ1v) is 5.12. The molecular weight excluding hydrogens is 192 g/mol. The van der Waals surface area contributed by atoms with Crippen LogP contribution < -0.4 is 5.32 Å². The highest BCUT2D eigenvalue weighted by molar-refractivity contribution is 5.56. The number of hydrogen-bond acceptors (Lipinski definition) is 4. The van der Waals surface area contributed by atoms with E-state index in [-0.39, 0.29) is 6.61 Å². The van der Waals surface area contributed by atoms with Crippen molar-refractivity contribution in [2.45, 2.75) is 19.8 Å². The summed E-state index contributed by atoms with van der Waals surface area (Å²) in [4.78, 5) is 10.5. The zero-order valence-electron chi connectivity index (χ0n) is 8.86. The maximum absolute atomic E-state index is 10.5. The van der Waals surface area contributed by atoms with Crippen molar-refractivity contribution in [2.75, 3.05) is 18.5 Å². The monoisotopic (exact) mass is 208 g/mol. The van der Waals surface area contributed by atoms with Crippen molar-refractivity contribution in [3.8, 4) is 0 Å². The average Bonchev–Trinajstić information content (AvgIpc) is 2.27. The van der Waals surface area contributed by atoms with E-state index in [1.54, 1.807) is 12.1 Å². The van der Waals surface area contributed by atoms with Gasteiger partial charge in [0.1, 0.15) is 5.69 Å². The molecule has 4 nitrogen and oxygen atoms in total. The smallest absolute Gasteiger partial charge is 0.111 e. The maximum Gasteiger partial charge on any atom is 0.111 e. The SMILES string of the molecule is CCCc1cc(NCCO)ccc1N=O. The van der Waals surface area contributed by atoms with E-state index in [1.165, 1.54) is 0 Å². The van der Waals surface area contributed by atoms with Gasteiger partial charge in [-0.25, -0.2) is 0 Å². The molecular formula is C11H16N2O2. The third-order valence-corrected chi connectivity index (χ3v) is 2.14. The first-order chi connectivity index (χ1) is 7.31. The summed E-state index contributed by atoms with van der Waals surface area (Å²) in [5.41, 5.74) is 2.38. The topological polar surface area (TPSA) is 61.7 Å². The minimum Gasteiger partial charge on any atom is -0.395 e. The second-order valence-electron chi connectivity index (χ2n) is 3.34. The summed E-state index contributed by atoms with van der Waals surface area (Å²) in [6.45, 7) is 2.67. The molecule has 0 heterocycles. The number of aliphatic hydroxyl groups excluding tert-OH is 1. The van der Waals surface area contributed by atoms with Gasteiger partial charge in [0.2, 0.25) is 0 Å². The lowest BCUT2D eigenvalue weighted by atomic mass is 10.1. The number of hydrogen-bond donors (Lipinski definition) is 2. The van der Waals surface area contributed by atoms with E-state index in [2.05, 4.69) is 17.4 Å². The molecule has 1 aromatic carbocycles. The van der Waals surface area contributed by atoms with E-state index in [0.29, 0.717) is 12.2 Å². The van der Waals surface area contributed by atoms with Gasteiger partial charge in [-0.1, -0.05) is 13.3 Å². The molecule has 1 aromatic rings. The number of benzene rings is 1. The number of nitroso groups, excluding NO2 is 1. The van der Waals surface area contributed by atoms with Crippen LogP contribution in [0, 0.1) is 4.91 Å². The van der Waals surface area contributed by atoms with Gasteiger partial charge in [-0.15, -0.1) is 4.91 Å². The third kappa shape index (κ3) is 3.32. The van der Waals surface area contributed by atoms with Crippen molar-refractivity contribution in [3.63, 3.8) is 0 Å². The van der Waals surface area contributed by atoms with Gasteiger partial charge in [0.05, 0.1) is 6.61 Å². The van der Waals surface area contributed by atoms with Crippen LogP contribution in [0.5, 0.6) is 0 Å². The van der Waals surface area contributed by atoms with Gasteiger partial charge in [-0.2, -0.15) is 0 Å². The van der Waals surface area contributed by atoms with E-state index in [9.17, 15) is 4.91 Å². The molecule has 0 bridgehead atoms. The van der Waals surface area contributed by atoms with Crippen LogP contribution >= 0.6 is 0 Å². The van der Waals surface area contributed by atoms with Crippen LogP contribution in [0.2, 0.25) is 0 Å². The third-order valence-electron chi connectivity index (χ3n) is 2.14. The Morgan fingerprint density at radius 2 is 2.27 bits per heavy atom. The second-order valence-corrected chi connectivity index (χ2v) is 3.34. The molecule has 0 atom stereocenters. The standard InChI is InChI=1S/C11H16N2O2/c1-2-3-9-8-10(12-6-7-14)4-5-11(9)13-15/h4-5,8,12,14H,2-3,6-7H2,1H3. The minimum atomic E-state index is 0.0940. The molecule has 0 aromatic heterocycles. The van der Waals surface area contributed by atoms with Crippen molar-refractivity contribution in [3.05, 3.63) is 28.7 Å². The Morgan fingerprint density at radius 3 is 2.87 bits per heavy atom. The van der Waals surface area contributed by atoms with Crippen molar-refractivity contribution >= 4 is 11.4 Å². The highest BCUT2D eigenvalue weighted by Gasteiger charge is 2.03. The van der Waals surface area contributed by atoms with Crippen LogP contribution in [0.15, 0.2) is 23.4 Å². The zero-order chi connectivity index (χ0) is 11.1. The summed E-state index contributed by atoms with van der Waals surface area (Å²) in [6.07, 6.45) is 1.82. The lowest BCUT2D eigenvalue weighted by Crippen LogP contribution is -2.05. The van der Waals surface area contributed by atoms with Crippen LogP contribution in [-0.2, 0) is 6.42 Å². The molecule has 0 amide bonds. The van der Waals surface area contributed by atoms with E-state index < -0.39 is 0 Å². The second kappa shape index (κ2) is 6.14. The Hall–Kier alpha value is -1.42. The molecule has 0 fully saturated rings. The van der Waals surface area contributed by atoms with E-state index in [0.717, 1.165) is 24.1 Å². The van der Waals surface area contributed by atoms with Gasteiger partial charge in [-0.05, 0) is 35.4 Å². The summed E-state index contributed by atoms with van der Waals surface area (Å²) in [5.74, 6) is 0. The molecule has 0 saturated heterocycles. The molecule has 0 aliphatic heterocycles. The Balaban J connectivity index is 2.83. The summed E-state index contributed by atoms with van der Waals surface area (Å²) < 4.78 is 0. The summed E-state index contributed by atoms with van der Waals surface area (Å²) >= 11 is 0. The number of nitrogens with zero attached hydrogens (tertiary/aromatic N) is 1. The van der Waals surface area contributed by atoms with Crippen LogP contribution in [0.25, 0.3) is 0 Å². The lowest BCUT2D eigenvalue weighted by Gasteiger charge is -2.07. The predicted molar refractivity (Wildman–Crippen MR) is 61.5 cm³/mol. The fourth-order valence-electron chi connectivity index (χ4n) is 1.45. The van der Waals surface area contributed by atoms with Crippen molar-refractivity contribution in [2.24, 2.45) is 5.18 Å². The van der Waals surface area contributed by atoms with Gasteiger partial charge < -0.3 is 10.4 Å². The van der Waals surface area contributed by atoms with Crippen LogP contribution in [-0.4, -0.2) is 18.3 Å². The summed E-state index contributed by atoms with van der Waals surface area (Å²) in [6, 6.07) is 5.42. The van der Waals surface area contributed by atoms with Crippen molar-refractivity contribution in [1.82, 2.24) is 0 Å². The quantitative estimate of drug-likeness (QED) is 0.706. The first-order valence-electron chi connectivity index (χ1n) is 5.12. The summed E-state index contributed by atoms with van der Waals surface area (Å²) in [5, 5.41) is 14.7. The van der Waals surface area contributed by atoms with Crippen molar-refractivity contribution < 1.29 is 5.11 Å². The summed E-state index contributed by atoms with van der Waals surface area (Å²) in [7, 11) is 0. The Morgan fingerprint density at radius 1 is 1.47 bits per heavy atom. The molecule has 15 heavy (non-hydrogen) atoms. The highest BCUT2D eigenvalue weighted by Crippen LogP contribution is 2.24. The van der Waals surface area contributed by atoms with Gasteiger partial charge >= 0.3 is 0 Å². The average molecular weight is 208 g/mol. The molecule has 4 heteroatoms. The maximum atomic E-state index is 10.5. The van der Waals surface area contributed by atoms with E-state index in [4.69, 9.17) is 5.11 Å². The van der Waals surface area contributed by atoms with Crippen LogP contribution in [0.1, 0.15) is 18.9 Å². The fourth-order valence-corrected chi connectivity index (χ4v) is 1.45. The number of nitrogens with one attached hydrogen (secondary N) is 1. The van der Waals surface area contributed by atoms with Gasteiger partial charge in [0.25, 0.3) is 0 Å². The fraction of sp³-hybridized carbons (Fsp3) is 0.455. The largest absolute Gasteiger partial charge is 0.395 e. The molecule has 0 aliphatic carbocycles. The molecule has 82 valence electrons. The lowest BCUT2D eigenvalue weighted by molar-refractivity contribution is 0.311. The Kier molecular flexibility index (Phi) is 4.77.